The quantitative estimate of drug-likeness (QED) is 0.0273. The Balaban J connectivity index is 2.25. The van der Waals surface area contributed by atoms with Crippen LogP contribution in [0.4, 0.5) is 0 Å². The zero-order valence-corrected chi connectivity index (χ0v) is 36.5. The van der Waals surface area contributed by atoms with E-state index in [4.69, 9.17) is 18.9 Å². The van der Waals surface area contributed by atoms with Crippen LogP contribution in [-0.2, 0) is 23.7 Å². The molecule has 0 radical (unpaired) electrons. The Hall–Kier alpha value is -2.37. The van der Waals surface area contributed by atoms with Crippen LogP contribution in [0.2, 0.25) is 0 Å². The minimum atomic E-state index is -1.54. The van der Waals surface area contributed by atoms with E-state index in [1.807, 2.05) is 0 Å². The molecular weight excluding hydrogens is 733 g/mol. The molecule has 1 fully saturated rings. The van der Waals surface area contributed by atoms with Gasteiger partial charge in [0.2, 0.25) is 0 Å². The van der Waals surface area contributed by atoms with Crippen molar-refractivity contribution in [2.75, 3.05) is 26.4 Å². The first-order chi connectivity index (χ1) is 28.4. The zero-order valence-electron chi connectivity index (χ0n) is 36.5. The van der Waals surface area contributed by atoms with Crippen molar-refractivity contribution in [1.29, 1.82) is 0 Å². The molecule has 0 amide bonds. The summed E-state index contributed by atoms with van der Waals surface area (Å²) in [6, 6.07) is 0. The van der Waals surface area contributed by atoms with E-state index in [0.717, 1.165) is 89.9 Å². The summed E-state index contributed by atoms with van der Waals surface area (Å²) >= 11 is 0. The molecule has 9 heteroatoms. The van der Waals surface area contributed by atoms with Crippen LogP contribution in [-0.4, -0.2) is 89.6 Å². The molecule has 0 aliphatic carbocycles. The van der Waals surface area contributed by atoms with Crippen molar-refractivity contribution in [2.24, 2.45) is 0 Å². The monoisotopic (exact) mass is 817 g/mol. The molecule has 1 saturated heterocycles. The van der Waals surface area contributed by atoms with Crippen LogP contribution >= 0.6 is 0 Å². The van der Waals surface area contributed by atoms with Crippen molar-refractivity contribution in [3.8, 4) is 0 Å². The summed E-state index contributed by atoms with van der Waals surface area (Å²) in [6.45, 7) is 4.37. The molecule has 1 rings (SSSR count). The Kier molecular flexibility index (Phi) is 37.1. The van der Waals surface area contributed by atoms with Gasteiger partial charge in [0, 0.05) is 13.0 Å². The topological polar surface area (TPSA) is 135 Å². The first-order valence-corrected chi connectivity index (χ1v) is 23.0. The van der Waals surface area contributed by atoms with Gasteiger partial charge in [-0.15, -0.1) is 0 Å². The van der Waals surface area contributed by atoms with Gasteiger partial charge in [0.05, 0.1) is 19.8 Å². The predicted octanol–water partition coefficient (Wildman–Crippen LogP) is 10.5. The van der Waals surface area contributed by atoms with E-state index in [-0.39, 0.29) is 19.2 Å². The zero-order chi connectivity index (χ0) is 42.2. The van der Waals surface area contributed by atoms with Crippen LogP contribution in [0.5, 0.6) is 0 Å². The lowest BCUT2D eigenvalue weighted by Crippen LogP contribution is -2.59. The number of unbranched alkanes of at least 4 members (excludes halogenated alkanes) is 15. The molecule has 1 aliphatic heterocycles. The van der Waals surface area contributed by atoms with Gasteiger partial charge in [-0.2, -0.15) is 0 Å². The lowest BCUT2D eigenvalue weighted by molar-refractivity contribution is -0.305. The fourth-order valence-corrected chi connectivity index (χ4v) is 6.50. The third-order valence-corrected chi connectivity index (χ3v) is 10.1. The number of esters is 1. The van der Waals surface area contributed by atoms with Gasteiger partial charge in [0.25, 0.3) is 0 Å². The molecule has 1 heterocycles. The standard InChI is InChI=1S/C49H84O9/c1-3-5-7-9-11-13-15-17-18-19-20-21-22-23-24-25-26-27-28-30-32-34-36-38-45(51)57-43(42-56-49-48(54)47(53)46(52)44(40-50)58-49)41-55-39-37-35-33-31-29-16-14-12-10-8-6-4-2/h5,7,10-13,17-18,20-21,23-24,43-44,46-50,52-54H,3-4,6,8-9,14-16,19,22,25-42H2,1-2H3/b7-5-,12-10-,13-11-,18-17-,21-20-,24-23-. The molecule has 1 aliphatic rings. The van der Waals surface area contributed by atoms with Crippen LogP contribution < -0.4 is 0 Å². The summed E-state index contributed by atoms with van der Waals surface area (Å²) in [6.07, 6.45) is 45.0. The minimum absolute atomic E-state index is 0.124. The van der Waals surface area contributed by atoms with Gasteiger partial charge in [-0.25, -0.2) is 0 Å². The first kappa shape index (κ1) is 53.6. The van der Waals surface area contributed by atoms with E-state index in [2.05, 4.69) is 86.8 Å². The Morgan fingerprint density at radius 2 is 1.05 bits per heavy atom. The van der Waals surface area contributed by atoms with Gasteiger partial charge < -0.3 is 39.4 Å². The summed E-state index contributed by atoms with van der Waals surface area (Å²) < 4.78 is 22.8. The van der Waals surface area contributed by atoms with Crippen LogP contribution in [0.1, 0.15) is 168 Å². The van der Waals surface area contributed by atoms with Gasteiger partial charge in [0.1, 0.15) is 30.5 Å². The lowest BCUT2D eigenvalue weighted by Gasteiger charge is -2.39. The number of rotatable bonds is 38. The van der Waals surface area contributed by atoms with Gasteiger partial charge in [-0.05, 0) is 77.0 Å². The fourth-order valence-electron chi connectivity index (χ4n) is 6.50. The molecular formula is C49H84O9. The Morgan fingerprint density at radius 3 is 1.60 bits per heavy atom. The number of carbonyl (C=O) groups is 1. The molecule has 4 N–H and O–H groups in total. The normalized spacial score (nSPS) is 21.0. The highest BCUT2D eigenvalue weighted by Crippen LogP contribution is 2.22. The smallest absolute Gasteiger partial charge is 0.306 e. The molecule has 0 aromatic carbocycles. The van der Waals surface area contributed by atoms with Gasteiger partial charge >= 0.3 is 5.97 Å². The third kappa shape index (κ3) is 30.6. The molecule has 6 atom stereocenters. The van der Waals surface area contributed by atoms with Crippen molar-refractivity contribution < 1.29 is 44.2 Å². The molecule has 9 nitrogen and oxygen atoms in total. The van der Waals surface area contributed by atoms with Gasteiger partial charge in [-0.1, -0.05) is 157 Å². The van der Waals surface area contributed by atoms with E-state index in [0.29, 0.717) is 13.0 Å². The van der Waals surface area contributed by atoms with Crippen molar-refractivity contribution in [1.82, 2.24) is 0 Å². The maximum absolute atomic E-state index is 12.8. The summed E-state index contributed by atoms with van der Waals surface area (Å²) in [7, 11) is 0. The van der Waals surface area contributed by atoms with Crippen LogP contribution in [0, 0.1) is 0 Å². The van der Waals surface area contributed by atoms with Crippen molar-refractivity contribution in [3.63, 3.8) is 0 Å². The van der Waals surface area contributed by atoms with Crippen LogP contribution in [0.25, 0.3) is 0 Å². The average molecular weight is 817 g/mol. The van der Waals surface area contributed by atoms with E-state index < -0.39 is 43.4 Å². The third-order valence-electron chi connectivity index (χ3n) is 10.1. The number of ether oxygens (including phenoxy) is 4. The lowest BCUT2D eigenvalue weighted by atomic mass is 9.99. The van der Waals surface area contributed by atoms with E-state index in [1.54, 1.807) is 0 Å². The number of allylic oxidation sites excluding steroid dienone is 12. The maximum atomic E-state index is 12.8. The number of carbonyl (C=O) groups excluding carboxylic acids is 1. The molecule has 0 bridgehead atoms. The molecule has 6 unspecified atom stereocenters. The van der Waals surface area contributed by atoms with Crippen molar-refractivity contribution >= 4 is 5.97 Å². The van der Waals surface area contributed by atoms with Gasteiger partial charge in [0.15, 0.2) is 6.29 Å². The predicted molar refractivity (Wildman–Crippen MR) is 237 cm³/mol. The molecule has 0 aromatic rings. The molecule has 58 heavy (non-hydrogen) atoms. The second-order valence-corrected chi connectivity index (χ2v) is 15.5. The molecule has 0 spiro atoms. The Labute approximate surface area is 353 Å². The second kappa shape index (κ2) is 40.1. The maximum Gasteiger partial charge on any atom is 0.306 e. The largest absolute Gasteiger partial charge is 0.457 e. The summed E-state index contributed by atoms with van der Waals surface area (Å²) in [5, 5.41) is 40.1. The molecule has 334 valence electrons. The number of aliphatic hydroxyl groups is 4. The highest BCUT2D eigenvalue weighted by molar-refractivity contribution is 5.69. The fraction of sp³-hybridized carbons (Fsp3) is 0.735. The van der Waals surface area contributed by atoms with Crippen molar-refractivity contribution in [3.05, 3.63) is 72.9 Å². The summed E-state index contributed by atoms with van der Waals surface area (Å²) in [5.41, 5.74) is 0. The highest BCUT2D eigenvalue weighted by atomic mass is 16.7. The minimum Gasteiger partial charge on any atom is -0.457 e. The summed E-state index contributed by atoms with van der Waals surface area (Å²) in [5.74, 6) is -0.330. The van der Waals surface area contributed by atoms with Gasteiger partial charge in [-0.3, -0.25) is 4.79 Å². The molecule has 0 aromatic heterocycles. The van der Waals surface area contributed by atoms with E-state index >= 15 is 0 Å². The number of aliphatic hydroxyl groups excluding tert-OH is 4. The SMILES string of the molecule is CC/C=C\C/C=C\C/C=C\C/C=C\C/C=C\CCCCCCCCCC(=O)OC(COCCCCCCCC/C=C\CCCC)COC1OC(CO)C(O)C(O)C1O. The number of hydrogen-bond acceptors (Lipinski definition) is 9. The summed E-state index contributed by atoms with van der Waals surface area (Å²) in [4.78, 5) is 12.8. The first-order valence-electron chi connectivity index (χ1n) is 23.0. The van der Waals surface area contributed by atoms with E-state index in [1.165, 1.54) is 57.8 Å². The average Bonchev–Trinajstić information content (AvgIpc) is 3.22. The highest BCUT2D eigenvalue weighted by Gasteiger charge is 2.44. The Morgan fingerprint density at radius 1 is 0.569 bits per heavy atom. The van der Waals surface area contributed by atoms with Crippen LogP contribution in [0.15, 0.2) is 72.9 Å². The van der Waals surface area contributed by atoms with E-state index in [9.17, 15) is 25.2 Å². The van der Waals surface area contributed by atoms with Crippen LogP contribution in [0.3, 0.4) is 0 Å². The molecule has 0 saturated carbocycles. The second-order valence-electron chi connectivity index (χ2n) is 15.5. The Bertz CT molecular complexity index is 1110. The van der Waals surface area contributed by atoms with Crippen molar-refractivity contribution in [2.45, 2.75) is 205 Å². The number of hydrogen-bond donors (Lipinski definition) is 4.